The van der Waals surface area contributed by atoms with Crippen molar-refractivity contribution in [1.82, 2.24) is 4.72 Å². The van der Waals surface area contributed by atoms with Gasteiger partial charge in [0.1, 0.15) is 11.4 Å². The summed E-state index contributed by atoms with van der Waals surface area (Å²) in [6, 6.07) is 5.79. The number of hydrogen-bond donors (Lipinski definition) is 2. The van der Waals surface area contributed by atoms with E-state index in [1.165, 1.54) is 12.2 Å². The minimum Gasteiger partial charge on any atom is -0.456 e. The summed E-state index contributed by atoms with van der Waals surface area (Å²) >= 11 is 3.37. The molecule has 2 rings (SSSR count). The summed E-state index contributed by atoms with van der Waals surface area (Å²) in [6.07, 6.45) is 2.78. The van der Waals surface area contributed by atoms with Crippen molar-refractivity contribution < 1.29 is 22.7 Å². The largest absolute Gasteiger partial charge is 0.456 e. The molecular weight excluding hydrogens is 475 g/mol. The third-order valence-corrected chi connectivity index (χ3v) is 8.02. The number of nitrogens with one attached hydrogen (secondary N) is 1. The summed E-state index contributed by atoms with van der Waals surface area (Å²) in [4.78, 5) is 4.25. The molecule has 0 aromatic heterocycles. The maximum atomic E-state index is 13.9. The monoisotopic (exact) mass is 500 g/mol. The minimum absolute atomic E-state index is 0.0422. The molecule has 2 N–H and O–H groups in total. The third kappa shape index (κ3) is 4.53. The average molecular weight is 501 g/mol. The highest BCUT2D eigenvalue weighted by atomic mass is 79.9. The van der Waals surface area contributed by atoms with Crippen LogP contribution in [0.1, 0.15) is 32.8 Å². The Balaban J connectivity index is 2.55. The molecule has 9 heteroatoms. The normalized spacial score (nSPS) is 25.1. The van der Waals surface area contributed by atoms with Crippen LogP contribution in [0.2, 0.25) is 0 Å². The van der Waals surface area contributed by atoms with Crippen molar-refractivity contribution in [2.24, 2.45) is 4.99 Å². The maximum absolute atomic E-state index is 13.9. The molecule has 0 amide bonds. The Hall–Kier alpha value is -1.97. The first-order valence-corrected chi connectivity index (χ1v) is 11.5. The van der Waals surface area contributed by atoms with Crippen molar-refractivity contribution in [1.29, 1.82) is 0 Å². The molecule has 1 saturated heterocycles. The molecule has 1 fully saturated rings. The maximum Gasteiger partial charge on any atom is 0.299 e. The second-order valence-corrected chi connectivity index (χ2v) is 10.4. The smallest absolute Gasteiger partial charge is 0.299 e. The second-order valence-electron chi connectivity index (χ2n) is 7.49. The molecule has 2 atom stereocenters. The number of amidine groups is 1. The Morgan fingerprint density at radius 2 is 2.10 bits per heavy atom. The Bertz CT molecular complexity index is 1000. The van der Waals surface area contributed by atoms with E-state index in [0.29, 0.717) is 5.56 Å². The van der Waals surface area contributed by atoms with Crippen LogP contribution in [-0.2, 0) is 19.5 Å². The van der Waals surface area contributed by atoms with E-state index in [-0.39, 0.29) is 24.6 Å². The molecule has 1 aliphatic heterocycles. The first kappa shape index (κ1) is 24.3. The zero-order valence-corrected chi connectivity index (χ0v) is 19.6. The number of hydrogen-bond acceptors (Lipinski definition) is 5. The predicted octanol–water partition coefficient (Wildman–Crippen LogP) is 4.10. The molecule has 1 unspecified atom stereocenters. The lowest BCUT2D eigenvalue weighted by Crippen LogP contribution is -2.64. The van der Waals surface area contributed by atoms with E-state index in [0.717, 1.165) is 4.47 Å². The van der Waals surface area contributed by atoms with Gasteiger partial charge in [-0.15, -0.1) is 0 Å². The number of allylic oxidation sites excluding steroid dienone is 2. The predicted molar refractivity (Wildman–Crippen MR) is 120 cm³/mol. The Labute approximate surface area is 185 Å². The number of rotatable bonds is 7. The zero-order valence-electron chi connectivity index (χ0n) is 17.2. The fourth-order valence-electron chi connectivity index (χ4n) is 3.30. The summed E-state index contributed by atoms with van der Waals surface area (Å²) in [5.41, 5.74) is -0.618. The van der Waals surface area contributed by atoms with E-state index in [1.807, 2.05) is 0 Å². The van der Waals surface area contributed by atoms with Crippen molar-refractivity contribution in [2.75, 3.05) is 6.61 Å². The van der Waals surface area contributed by atoms with Crippen LogP contribution in [0.4, 0.5) is 4.39 Å². The van der Waals surface area contributed by atoms with Gasteiger partial charge in [0.15, 0.2) is 4.75 Å². The van der Waals surface area contributed by atoms with Gasteiger partial charge in [-0.2, -0.15) is 0 Å². The lowest BCUT2D eigenvalue weighted by Gasteiger charge is -2.47. The summed E-state index contributed by atoms with van der Waals surface area (Å²) in [5.74, 6) is -0.755. The third-order valence-electron chi connectivity index (χ3n) is 5.28. The SMILES string of the molecule is C=C/C=C(\C(=C)F)[C@H](CCO)N=C1NS(=O)(=O)C(C)(c2cccc(Br)c2)C(C)(C)O1. The van der Waals surface area contributed by atoms with Gasteiger partial charge in [0.2, 0.25) is 10.0 Å². The summed E-state index contributed by atoms with van der Waals surface area (Å²) in [5, 5.41) is 9.37. The molecule has 0 saturated carbocycles. The molecule has 1 aromatic carbocycles. The molecule has 164 valence electrons. The van der Waals surface area contributed by atoms with Crippen molar-refractivity contribution in [3.8, 4) is 0 Å². The van der Waals surface area contributed by atoms with Crippen LogP contribution in [-0.4, -0.2) is 37.8 Å². The quantitative estimate of drug-likeness (QED) is 0.551. The van der Waals surface area contributed by atoms with Gasteiger partial charge in [0.25, 0.3) is 6.02 Å². The molecular formula is C21H26BrFN2O4S. The van der Waals surface area contributed by atoms with Gasteiger partial charge in [-0.3, -0.25) is 0 Å². The number of benzene rings is 1. The summed E-state index contributed by atoms with van der Waals surface area (Å²) in [7, 11) is -4.01. The van der Waals surface area contributed by atoms with E-state index in [9.17, 15) is 17.9 Å². The van der Waals surface area contributed by atoms with Crippen LogP contribution in [0, 0.1) is 0 Å². The fourth-order valence-corrected chi connectivity index (χ4v) is 5.36. The molecule has 0 aliphatic carbocycles. The van der Waals surface area contributed by atoms with Gasteiger partial charge < -0.3 is 9.84 Å². The number of aliphatic hydroxyl groups excluding tert-OH is 1. The minimum atomic E-state index is -4.01. The van der Waals surface area contributed by atoms with Crippen molar-refractivity contribution >= 4 is 32.0 Å². The van der Waals surface area contributed by atoms with Crippen molar-refractivity contribution in [2.45, 2.75) is 43.6 Å². The summed E-state index contributed by atoms with van der Waals surface area (Å²) < 4.78 is 48.3. The van der Waals surface area contributed by atoms with E-state index >= 15 is 0 Å². The van der Waals surface area contributed by atoms with E-state index in [2.05, 4.69) is 38.8 Å². The Morgan fingerprint density at radius 3 is 2.60 bits per heavy atom. The van der Waals surface area contributed by atoms with Gasteiger partial charge in [-0.1, -0.05) is 53.4 Å². The fraction of sp³-hybridized carbons (Fsp3) is 0.381. The molecule has 0 spiro atoms. The van der Waals surface area contributed by atoms with Crippen LogP contribution in [0.15, 0.2) is 70.4 Å². The average Bonchev–Trinajstić information content (AvgIpc) is 2.63. The Kier molecular flexibility index (Phi) is 7.32. The van der Waals surface area contributed by atoms with E-state index < -0.39 is 32.2 Å². The number of aliphatic hydroxyl groups is 1. The van der Waals surface area contributed by atoms with Crippen LogP contribution in [0.3, 0.4) is 0 Å². The van der Waals surface area contributed by atoms with E-state index in [4.69, 9.17) is 4.74 Å². The molecule has 1 heterocycles. The highest BCUT2D eigenvalue weighted by Crippen LogP contribution is 2.45. The number of aliphatic imine (C=N–C) groups is 1. The van der Waals surface area contributed by atoms with E-state index in [1.54, 1.807) is 45.0 Å². The van der Waals surface area contributed by atoms with Crippen molar-refractivity contribution in [3.63, 3.8) is 0 Å². The molecule has 0 radical (unpaired) electrons. The lowest BCUT2D eigenvalue weighted by atomic mass is 9.85. The van der Waals surface area contributed by atoms with Crippen LogP contribution in [0.5, 0.6) is 0 Å². The van der Waals surface area contributed by atoms with Gasteiger partial charge >= 0.3 is 0 Å². The van der Waals surface area contributed by atoms with Crippen LogP contribution in [0.25, 0.3) is 0 Å². The molecule has 30 heavy (non-hydrogen) atoms. The van der Waals surface area contributed by atoms with Gasteiger partial charge in [0, 0.05) is 16.7 Å². The molecule has 6 nitrogen and oxygen atoms in total. The first-order valence-electron chi connectivity index (χ1n) is 9.23. The van der Waals surface area contributed by atoms with Gasteiger partial charge in [0.05, 0.1) is 6.04 Å². The van der Waals surface area contributed by atoms with Crippen LogP contribution < -0.4 is 4.72 Å². The highest BCUT2D eigenvalue weighted by molar-refractivity contribution is 9.10. The van der Waals surface area contributed by atoms with Crippen molar-refractivity contribution in [3.05, 3.63) is 71.0 Å². The Morgan fingerprint density at radius 1 is 1.43 bits per heavy atom. The van der Waals surface area contributed by atoms with Gasteiger partial charge in [-0.25, -0.2) is 22.5 Å². The number of nitrogens with zero attached hydrogens (tertiary/aromatic N) is 1. The number of ether oxygens (including phenoxy) is 1. The number of halogens is 2. The van der Waals surface area contributed by atoms with Crippen LogP contribution >= 0.6 is 15.9 Å². The highest BCUT2D eigenvalue weighted by Gasteiger charge is 2.59. The molecule has 0 bridgehead atoms. The second kappa shape index (κ2) is 9.03. The topological polar surface area (TPSA) is 88.0 Å². The zero-order chi connectivity index (χ0) is 22.7. The van der Waals surface area contributed by atoms with Gasteiger partial charge in [-0.05, 0) is 44.9 Å². The summed E-state index contributed by atoms with van der Waals surface area (Å²) in [6.45, 7) is 11.4. The number of sulfonamides is 1. The first-order chi connectivity index (χ1) is 13.9. The lowest BCUT2D eigenvalue weighted by molar-refractivity contribution is 0.0383. The molecule has 1 aromatic rings. The molecule has 1 aliphatic rings. The standard InChI is InChI=1S/C21H26BrFN2O4S/c1-6-8-17(14(2)23)18(11-12-26)24-19-25-30(27,28)21(5,20(3,4)29-19)15-9-7-10-16(22)13-15/h6-10,13,18,26H,1-2,11-12H2,3-5H3,(H,24,25)/b17-8+/t18-,21?/m0/s1.